The molecule has 0 heterocycles. The standard InChI is InChI=1S/C56H89NO8/c1-6-8-10-12-14-16-18-20-22-24-25-26-27-28-29-31-33-35-37-39-41-43-45-47-54(59)65-52(51-64-56(55(60)61)62-49-48-57(3,4)5)50-63-53(58)46-44-42-40-38-36-34-32-30-23-21-19-17-15-13-11-9-7-2/h8-11,14-17,20-23,25-26,28-29,32,34,38,40,52,56H,6-7,12-13,18-19,24,27,30-31,33,35-37,39,41-51H2,1-5H3/p+1/b10-8-,11-9-,16-14-,17-15-,22-20-,23-21-,26-25-,29-28-,34-32-,40-38-. The summed E-state index contributed by atoms with van der Waals surface area (Å²) in [5.74, 6) is -2.12. The predicted molar refractivity (Wildman–Crippen MR) is 271 cm³/mol. The number of allylic oxidation sites excluding steroid dienone is 20. The van der Waals surface area contributed by atoms with E-state index in [-0.39, 0.29) is 32.7 Å². The smallest absolute Gasteiger partial charge is 0.361 e. The number of aliphatic carboxylic acids is 1. The maximum atomic E-state index is 12.8. The van der Waals surface area contributed by atoms with Crippen LogP contribution < -0.4 is 0 Å². The number of ether oxygens (including phenoxy) is 4. The van der Waals surface area contributed by atoms with Crippen molar-refractivity contribution in [1.29, 1.82) is 0 Å². The number of unbranched alkanes of at least 4 members (excludes halogenated alkanes) is 8. The van der Waals surface area contributed by atoms with Gasteiger partial charge in [-0.05, 0) is 96.3 Å². The quantitative estimate of drug-likeness (QED) is 0.0212. The zero-order chi connectivity index (χ0) is 47.7. The van der Waals surface area contributed by atoms with Crippen molar-refractivity contribution >= 4 is 17.9 Å². The molecule has 9 nitrogen and oxygen atoms in total. The molecule has 0 spiro atoms. The van der Waals surface area contributed by atoms with Crippen LogP contribution in [-0.4, -0.2) is 87.4 Å². The molecule has 2 unspecified atom stereocenters. The Kier molecular flexibility index (Phi) is 43.2. The minimum absolute atomic E-state index is 0.169. The van der Waals surface area contributed by atoms with E-state index in [4.69, 9.17) is 18.9 Å². The lowest BCUT2D eigenvalue weighted by Gasteiger charge is -2.25. The molecule has 65 heavy (non-hydrogen) atoms. The van der Waals surface area contributed by atoms with E-state index in [1.807, 2.05) is 21.1 Å². The van der Waals surface area contributed by atoms with Crippen LogP contribution in [0.5, 0.6) is 0 Å². The Morgan fingerprint density at radius 2 is 0.846 bits per heavy atom. The number of carboxylic acid groups (broad SMARTS) is 1. The number of carbonyl (C=O) groups excluding carboxylic acids is 2. The van der Waals surface area contributed by atoms with Gasteiger partial charge in [-0.1, -0.05) is 167 Å². The fraction of sp³-hybridized carbons (Fsp3) is 0.589. The van der Waals surface area contributed by atoms with E-state index in [0.717, 1.165) is 96.3 Å². The van der Waals surface area contributed by atoms with Crippen LogP contribution in [0.15, 0.2) is 122 Å². The first-order chi connectivity index (χ1) is 31.6. The maximum absolute atomic E-state index is 12.8. The Hall–Kier alpha value is -4.31. The lowest BCUT2D eigenvalue weighted by Crippen LogP contribution is -2.40. The molecule has 0 bridgehead atoms. The first-order valence-corrected chi connectivity index (χ1v) is 24.7. The third-order valence-corrected chi connectivity index (χ3v) is 9.71. The number of quaternary nitrogens is 1. The molecule has 9 heteroatoms. The fourth-order valence-electron chi connectivity index (χ4n) is 5.95. The molecule has 0 fully saturated rings. The zero-order valence-electron chi connectivity index (χ0n) is 41.3. The lowest BCUT2D eigenvalue weighted by atomic mass is 10.1. The second kappa shape index (κ2) is 46.2. The van der Waals surface area contributed by atoms with Gasteiger partial charge in [0.05, 0.1) is 34.4 Å². The van der Waals surface area contributed by atoms with Crippen LogP contribution in [0.2, 0.25) is 0 Å². The Morgan fingerprint density at radius 3 is 1.28 bits per heavy atom. The second-order valence-electron chi connectivity index (χ2n) is 17.0. The van der Waals surface area contributed by atoms with Gasteiger partial charge in [0.1, 0.15) is 13.2 Å². The summed E-state index contributed by atoms with van der Waals surface area (Å²) in [5, 5.41) is 9.66. The Balaban J connectivity index is 4.49. The summed E-state index contributed by atoms with van der Waals surface area (Å²) in [5.41, 5.74) is 0. The van der Waals surface area contributed by atoms with Crippen LogP contribution in [0.1, 0.15) is 155 Å². The molecular weight excluding hydrogens is 815 g/mol. The molecule has 0 saturated carbocycles. The largest absolute Gasteiger partial charge is 0.477 e. The third kappa shape index (κ3) is 47.5. The van der Waals surface area contributed by atoms with Crippen molar-refractivity contribution < 1.29 is 42.9 Å². The van der Waals surface area contributed by atoms with E-state index in [0.29, 0.717) is 23.9 Å². The van der Waals surface area contributed by atoms with E-state index in [9.17, 15) is 19.5 Å². The Morgan fingerprint density at radius 1 is 0.462 bits per heavy atom. The molecule has 2 atom stereocenters. The van der Waals surface area contributed by atoms with Gasteiger partial charge >= 0.3 is 17.9 Å². The molecular formula is C56H90NO8+. The minimum atomic E-state index is -1.53. The minimum Gasteiger partial charge on any atom is -0.477 e. The second-order valence-corrected chi connectivity index (χ2v) is 17.0. The predicted octanol–water partition coefficient (Wildman–Crippen LogP) is 13.8. The molecule has 1 N–H and O–H groups in total. The summed E-state index contributed by atoms with van der Waals surface area (Å²) in [4.78, 5) is 37.2. The van der Waals surface area contributed by atoms with Crippen molar-refractivity contribution in [3.8, 4) is 0 Å². The molecule has 366 valence electrons. The summed E-state index contributed by atoms with van der Waals surface area (Å²) in [6, 6.07) is 0. The number of carbonyl (C=O) groups is 3. The van der Waals surface area contributed by atoms with Crippen LogP contribution in [0, 0.1) is 0 Å². The SMILES string of the molecule is CC/C=C\C/C=C\C/C=C\C/C=C\C/C=C\CCCCCCCCCC(=O)OC(COC(=O)CCC/C=C\C/C=C\C/C=C\C/C=C\C/C=C\CC)COC(OCC[N+](C)(C)C)C(=O)O. The van der Waals surface area contributed by atoms with Crippen LogP contribution in [0.4, 0.5) is 0 Å². The van der Waals surface area contributed by atoms with E-state index in [1.165, 1.54) is 19.3 Å². The van der Waals surface area contributed by atoms with E-state index >= 15 is 0 Å². The first kappa shape index (κ1) is 60.7. The topological polar surface area (TPSA) is 108 Å². The summed E-state index contributed by atoms with van der Waals surface area (Å²) >= 11 is 0. The van der Waals surface area contributed by atoms with Crippen molar-refractivity contribution in [2.45, 2.75) is 167 Å². The molecule has 0 rings (SSSR count). The molecule has 0 aromatic rings. The van der Waals surface area contributed by atoms with Gasteiger partial charge in [0, 0.05) is 12.8 Å². The van der Waals surface area contributed by atoms with Crippen molar-refractivity contribution in [3.05, 3.63) is 122 Å². The number of hydrogen-bond acceptors (Lipinski definition) is 7. The van der Waals surface area contributed by atoms with Crippen LogP contribution in [0.3, 0.4) is 0 Å². The Bertz CT molecular complexity index is 1470. The highest BCUT2D eigenvalue weighted by Gasteiger charge is 2.25. The molecule has 0 saturated heterocycles. The van der Waals surface area contributed by atoms with Crippen molar-refractivity contribution in [1.82, 2.24) is 0 Å². The zero-order valence-corrected chi connectivity index (χ0v) is 41.3. The molecule has 0 aromatic carbocycles. The van der Waals surface area contributed by atoms with E-state index in [1.54, 1.807) is 0 Å². The number of esters is 2. The molecule has 0 amide bonds. The molecule has 0 aromatic heterocycles. The Labute approximate surface area is 396 Å². The van der Waals surface area contributed by atoms with E-state index < -0.39 is 30.3 Å². The third-order valence-electron chi connectivity index (χ3n) is 9.71. The normalized spacial score (nSPS) is 13.9. The number of nitrogens with zero attached hydrogens (tertiary/aromatic N) is 1. The number of likely N-dealkylation sites (N-methyl/N-ethyl adjacent to an activating group) is 1. The van der Waals surface area contributed by atoms with Gasteiger partial charge in [-0.2, -0.15) is 0 Å². The molecule has 0 radical (unpaired) electrons. The molecule has 0 aliphatic carbocycles. The summed E-state index contributed by atoms with van der Waals surface area (Å²) in [7, 11) is 5.93. The lowest BCUT2D eigenvalue weighted by molar-refractivity contribution is -0.870. The number of carboxylic acids is 1. The van der Waals surface area contributed by atoms with Crippen molar-refractivity contribution in [2.75, 3.05) is 47.5 Å². The fourth-order valence-corrected chi connectivity index (χ4v) is 5.95. The monoisotopic (exact) mass is 905 g/mol. The van der Waals surface area contributed by atoms with Gasteiger partial charge < -0.3 is 28.5 Å². The first-order valence-electron chi connectivity index (χ1n) is 24.7. The van der Waals surface area contributed by atoms with Crippen LogP contribution >= 0.6 is 0 Å². The van der Waals surface area contributed by atoms with Gasteiger partial charge in [-0.15, -0.1) is 0 Å². The van der Waals surface area contributed by atoms with Gasteiger partial charge in [0.2, 0.25) is 0 Å². The van der Waals surface area contributed by atoms with Gasteiger partial charge in [-0.3, -0.25) is 9.59 Å². The highest BCUT2D eigenvalue weighted by Crippen LogP contribution is 2.12. The summed E-state index contributed by atoms with van der Waals surface area (Å²) in [6.45, 7) is 4.53. The van der Waals surface area contributed by atoms with Gasteiger partial charge in [-0.25, -0.2) is 4.79 Å². The highest BCUT2D eigenvalue weighted by atomic mass is 16.7. The maximum Gasteiger partial charge on any atom is 0.361 e. The molecule has 0 aliphatic heterocycles. The molecule has 0 aliphatic rings. The summed E-state index contributed by atoms with van der Waals surface area (Å²) in [6.07, 6.45) is 61.2. The van der Waals surface area contributed by atoms with E-state index in [2.05, 4.69) is 135 Å². The highest BCUT2D eigenvalue weighted by molar-refractivity contribution is 5.71. The number of hydrogen-bond donors (Lipinski definition) is 1. The van der Waals surface area contributed by atoms with Crippen LogP contribution in [0.25, 0.3) is 0 Å². The average Bonchev–Trinajstić information content (AvgIpc) is 3.27. The van der Waals surface area contributed by atoms with Crippen molar-refractivity contribution in [3.63, 3.8) is 0 Å². The van der Waals surface area contributed by atoms with Crippen LogP contribution in [-0.2, 0) is 33.3 Å². The van der Waals surface area contributed by atoms with Gasteiger partial charge in [0.25, 0.3) is 6.29 Å². The number of rotatable bonds is 43. The van der Waals surface area contributed by atoms with Gasteiger partial charge in [0.15, 0.2) is 6.10 Å². The van der Waals surface area contributed by atoms with Crippen molar-refractivity contribution in [2.24, 2.45) is 0 Å². The summed E-state index contributed by atoms with van der Waals surface area (Å²) < 4.78 is 22.7. The average molecular weight is 905 g/mol.